The first-order valence-corrected chi connectivity index (χ1v) is 9.81. The number of rotatable bonds is 5. The first kappa shape index (κ1) is 19.9. The first-order valence-electron chi connectivity index (χ1n) is 9.06. The van der Waals surface area contributed by atoms with Crippen LogP contribution in [0.15, 0.2) is 83.3 Å². The number of benzene rings is 3. The number of amides is 2. The second-order valence-corrected chi connectivity index (χ2v) is 7.27. The van der Waals surface area contributed by atoms with Crippen LogP contribution < -0.4 is 10.6 Å². The summed E-state index contributed by atoms with van der Waals surface area (Å²) in [4.78, 5) is 12.6. The Morgan fingerprint density at radius 1 is 0.833 bits per heavy atom. The topological polar surface area (TPSA) is 80.0 Å². The average molecular weight is 439 g/mol. The van der Waals surface area contributed by atoms with Crippen molar-refractivity contribution < 1.29 is 9.21 Å². The second-order valence-electron chi connectivity index (χ2n) is 6.40. The van der Waals surface area contributed by atoms with Crippen molar-refractivity contribution in [2.45, 2.75) is 6.04 Å². The molecule has 8 heteroatoms. The van der Waals surface area contributed by atoms with Crippen LogP contribution >= 0.6 is 23.2 Å². The third kappa shape index (κ3) is 4.79. The highest BCUT2D eigenvalue weighted by molar-refractivity contribution is 6.30. The van der Waals surface area contributed by atoms with Crippen LogP contribution in [0.3, 0.4) is 0 Å². The van der Waals surface area contributed by atoms with Gasteiger partial charge in [-0.2, -0.15) is 0 Å². The molecule has 0 aliphatic rings. The molecule has 0 aliphatic heterocycles. The van der Waals surface area contributed by atoms with E-state index in [2.05, 4.69) is 20.8 Å². The largest absolute Gasteiger partial charge is 0.418 e. The molecule has 0 radical (unpaired) electrons. The summed E-state index contributed by atoms with van der Waals surface area (Å²) >= 11 is 11.9. The van der Waals surface area contributed by atoms with E-state index in [1.54, 1.807) is 48.5 Å². The monoisotopic (exact) mass is 438 g/mol. The number of hydrogen-bond donors (Lipinski definition) is 2. The van der Waals surface area contributed by atoms with Gasteiger partial charge in [-0.05, 0) is 54.1 Å². The predicted molar refractivity (Wildman–Crippen MR) is 117 cm³/mol. The number of hydrogen-bond acceptors (Lipinski definition) is 4. The summed E-state index contributed by atoms with van der Waals surface area (Å²) in [5.74, 6) is 0.618. The lowest BCUT2D eigenvalue weighted by Gasteiger charge is -2.16. The summed E-state index contributed by atoms with van der Waals surface area (Å²) in [5, 5.41) is 15.1. The fourth-order valence-corrected chi connectivity index (χ4v) is 3.07. The molecule has 0 fully saturated rings. The maximum Gasteiger partial charge on any atom is 0.320 e. The summed E-state index contributed by atoms with van der Waals surface area (Å²) in [6.45, 7) is 0. The van der Waals surface area contributed by atoms with Gasteiger partial charge in [0.25, 0.3) is 0 Å². The van der Waals surface area contributed by atoms with E-state index < -0.39 is 12.1 Å². The highest BCUT2D eigenvalue weighted by Crippen LogP contribution is 2.26. The van der Waals surface area contributed by atoms with Gasteiger partial charge in [-0.3, -0.25) is 0 Å². The van der Waals surface area contributed by atoms with E-state index in [1.807, 2.05) is 30.3 Å². The summed E-state index contributed by atoms with van der Waals surface area (Å²) in [6, 6.07) is 22.2. The van der Waals surface area contributed by atoms with E-state index in [0.717, 1.165) is 11.1 Å². The van der Waals surface area contributed by atoms with Gasteiger partial charge in [-0.1, -0.05) is 53.5 Å². The molecule has 1 atom stereocenters. The van der Waals surface area contributed by atoms with Crippen molar-refractivity contribution in [3.05, 3.63) is 100 Å². The lowest BCUT2D eigenvalue weighted by Crippen LogP contribution is -2.33. The van der Waals surface area contributed by atoms with Crippen LogP contribution in [0.4, 0.5) is 10.5 Å². The zero-order chi connectivity index (χ0) is 20.9. The summed E-state index contributed by atoms with van der Waals surface area (Å²) < 4.78 is 5.87. The van der Waals surface area contributed by atoms with Gasteiger partial charge in [0.15, 0.2) is 0 Å². The fourth-order valence-electron chi connectivity index (χ4n) is 2.82. The molecule has 0 aliphatic carbocycles. The summed E-state index contributed by atoms with van der Waals surface area (Å²) in [7, 11) is 0. The fraction of sp³-hybridized carbons (Fsp3) is 0.0455. The van der Waals surface area contributed by atoms with Crippen LogP contribution in [-0.2, 0) is 0 Å². The number of carbonyl (C=O) groups excluding carboxylic acids is 1. The van der Waals surface area contributed by atoms with Crippen molar-refractivity contribution in [2.75, 3.05) is 5.32 Å². The zero-order valence-corrected chi connectivity index (χ0v) is 17.1. The van der Waals surface area contributed by atoms with Gasteiger partial charge < -0.3 is 15.1 Å². The maximum absolute atomic E-state index is 12.6. The van der Waals surface area contributed by atoms with E-state index in [4.69, 9.17) is 27.6 Å². The quantitative estimate of drug-likeness (QED) is 0.403. The molecule has 0 saturated heterocycles. The van der Waals surface area contributed by atoms with Gasteiger partial charge in [0.2, 0.25) is 11.8 Å². The van der Waals surface area contributed by atoms with Crippen molar-refractivity contribution >= 4 is 34.9 Å². The van der Waals surface area contributed by atoms with E-state index in [0.29, 0.717) is 21.6 Å². The number of anilines is 1. The number of halogens is 2. The summed E-state index contributed by atoms with van der Waals surface area (Å²) in [5.41, 5.74) is 2.13. The standard InChI is InChI=1S/C22H16Cl2N4O2/c23-16-8-6-14(7-9-16)19(26-22(29)25-18-12-10-17(24)11-13-18)21-28-27-20(30-21)15-4-2-1-3-5-15/h1-13,19H,(H2,25,26,29)/t19-/m1/s1. The molecule has 0 saturated carbocycles. The van der Waals surface area contributed by atoms with E-state index in [1.165, 1.54) is 0 Å². The van der Waals surface area contributed by atoms with Crippen LogP contribution in [0.1, 0.15) is 17.5 Å². The molecular weight excluding hydrogens is 423 g/mol. The molecule has 4 rings (SSSR count). The normalized spacial score (nSPS) is 11.7. The maximum atomic E-state index is 12.6. The number of nitrogens with zero attached hydrogens (tertiary/aromatic N) is 2. The van der Waals surface area contributed by atoms with Crippen molar-refractivity contribution in [2.24, 2.45) is 0 Å². The Morgan fingerprint density at radius 2 is 1.47 bits per heavy atom. The van der Waals surface area contributed by atoms with E-state index in [-0.39, 0.29) is 5.89 Å². The van der Waals surface area contributed by atoms with Gasteiger partial charge in [0, 0.05) is 21.3 Å². The zero-order valence-electron chi connectivity index (χ0n) is 15.5. The third-order valence-electron chi connectivity index (χ3n) is 4.29. The van der Waals surface area contributed by atoms with E-state index >= 15 is 0 Å². The molecule has 1 aromatic heterocycles. The highest BCUT2D eigenvalue weighted by atomic mass is 35.5. The van der Waals surface area contributed by atoms with Crippen molar-refractivity contribution in [3.8, 4) is 11.5 Å². The van der Waals surface area contributed by atoms with Gasteiger partial charge in [-0.15, -0.1) is 10.2 Å². The lowest BCUT2D eigenvalue weighted by molar-refractivity contribution is 0.248. The molecule has 2 N–H and O–H groups in total. The Kier molecular flexibility index (Phi) is 5.97. The summed E-state index contributed by atoms with van der Waals surface area (Å²) in [6.07, 6.45) is 0. The molecule has 0 unspecified atom stereocenters. The Morgan fingerprint density at radius 3 is 2.13 bits per heavy atom. The molecule has 0 bridgehead atoms. The Hall–Kier alpha value is -3.35. The molecule has 30 heavy (non-hydrogen) atoms. The number of aromatic nitrogens is 2. The number of carbonyl (C=O) groups is 1. The molecule has 0 spiro atoms. The highest BCUT2D eigenvalue weighted by Gasteiger charge is 2.23. The van der Waals surface area contributed by atoms with Gasteiger partial charge in [-0.25, -0.2) is 4.79 Å². The van der Waals surface area contributed by atoms with Crippen molar-refractivity contribution in [3.63, 3.8) is 0 Å². The van der Waals surface area contributed by atoms with Crippen LogP contribution in [0.25, 0.3) is 11.5 Å². The molecule has 2 amide bonds. The van der Waals surface area contributed by atoms with Gasteiger partial charge >= 0.3 is 6.03 Å². The average Bonchev–Trinajstić information content (AvgIpc) is 3.25. The first-order chi connectivity index (χ1) is 14.6. The van der Waals surface area contributed by atoms with E-state index in [9.17, 15) is 4.79 Å². The molecular formula is C22H16Cl2N4O2. The Labute approximate surface area is 182 Å². The van der Waals surface area contributed by atoms with Gasteiger partial charge in [0.05, 0.1) is 0 Å². The number of nitrogens with one attached hydrogen (secondary N) is 2. The van der Waals surface area contributed by atoms with Crippen LogP contribution in [0, 0.1) is 0 Å². The Balaban J connectivity index is 1.60. The minimum Gasteiger partial charge on any atom is -0.418 e. The number of urea groups is 1. The molecule has 150 valence electrons. The SMILES string of the molecule is O=C(Nc1ccc(Cl)cc1)N[C@H](c1ccc(Cl)cc1)c1nnc(-c2ccccc2)o1. The second kappa shape index (κ2) is 8.98. The van der Waals surface area contributed by atoms with Crippen molar-refractivity contribution in [1.82, 2.24) is 15.5 Å². The minimum absolute atomic E-state index is 0.252. The smallest absolute Gasteiger partial charge is 0.320 e. The van der Waals surface area contributed by atoms with Gasteiger partial charge in [0.1, 0.15) is 6.04 Å². The lowest BCUT2D eigenvalue weighted by atomic mass is 10.1. The molecule has 3 aromatic carbocycles. The van der Waals surface area contributed by atoms with Crippen LogP contribution in [0.5, 0.6) is 0 Å². The predicted octanol–water partition coefficient (Wildman–Crippen LogP) is 5.95. The third-order valence-corrected chi connectivity index (χ3v) is 4.79. The molecule has 4 aromatic rings. The van der Waals surface area contributed by atoms with Crippen LogP contribution in [-0.4, -0.2) is 16.2 Å². The van der Waals surface area contributed by atoms with Crippen LogP contribution in [0.2, 0.25) is 10.0 Å². The van der Waals surface area contributed by atoms with Crippen molar-refractivity contribution in [1.29, 1.82) is 0 Å². The minimum atomic E-state index is -0.667. The molecule has 1 heterocycles. The molecule has 6 nitrogen and oxygen atoms in total. The Bertz CT molecular complexity index is 1130.